The molecule has 0 radical (unpaired) electrons. The van der Waals surface area contributed by atoms with Crippen LogP contribution in [0.15, 0.2) is 54.6 Å². The van der Waals surface area contributed by atoms with E-state index in [2.05, 4.69) is 0 Å². The summed E-state index contributed by atoms with van der Waals surface area (Å²) in [5.74, 6) is 0.480. The van der Waals surface area contributed by atoms with Gasteiger partial charge in [-0.15, -0.1) is 11.6 Å². The first kappa shape index (κ1) is 17.9. The molecule has 0 heterocycles. The smallest absolute Gasteiger partial charge is 0.269 e. The molecule has 0 N–H and O–H groups in total. The fraction of sp³-hybridized carbons (Fsp3) is 0.278. The van der Waals surface area contributed by atoms with Crippen LogP contribution in [0.2, 0.25) is 0 Å². The molecule has 24 heavy (non-hydrogen) atoms. The summed E-state index contributed by atoms with van der Waals surface area (Å²) in [5.41, 5.74) is 1.84. The zero-order valence-electron chi connectivity index (χ0n) is 13.2. The fourth-order valence-corrected chi connectivity index (χ4v) is 2.49. The second kappa shape index (κ2) is 9.03. The molecule has 0 fully saturated rings. The number of carbonyl (C=O) groups is 1. The molecule has 126 valence electrons. The van der Waals surface area contributed by atoms with Crippen molar-refractivity contribution in [1.82, 2.24) is 4.90 Å². The first-order chi connectivity index (χ1) is 11.6. The number of non-ortho nitro benzene ring substituents is 1. The lowest BCUT2D eigenvalue weighted by Crippen LogP contribution is -2.33. The van der Waals surface area contributed by atoms with Gasteiger partial charge in [0, 0.05) is 31.1 Å². The van der Waals surface area contributed by atoms with E-state index in [4.69, 9.17) is 11.6 Å². The topological polar surface area (TPSA) is 63.4 Å². The molecule has 2 rings (SSSR count). The van der Waals surface area contributed by atoms with Gasteiger partial charge in [0.25, 0.3) is 5.69 Å². The second-order valence-electron chi connectivity index (χ2n) is 5.44. The number of carbonyl (C=O) groups excluding carboxylic acids is 1. The lowest BCUT2D eigenvalue weighted by atomic mass is 10.1. The number of nitro groups is 1. The molecule has 5 nitrogen and oxygen atoms in total. The third kappa shape index (κ3) is 5.35. The van der Waals surface area contributed by atoms with E-state index in [1.165, 1.54) is 12.1 Å². The van der Waals surface area contributed by atoms with Gasteiger partial charge >= 0.3 is 0 Å². The Kier molecular flexibility index (Phi) is 6.75. The van der Waals surface area contributed by atoms with Crippen LogP contribution in [-0.2, 0) is 17.8 Å². The van der Waals surface area contributed by atoms with Crippen LogP contribution in [0.5, 0.6) is 0 Å². The monoisotopic (exact) mass is 346 g/mol. The van der Waals surface area contributed by atoms with E-state index in [1.807, 2.05) is 30.3 Å². The minimum absolute atomic E-state index is 0.0159. The van der Waals surface area contributed by atoms with E-state index >= 15 is 0 Å². The Balaban J connectivity index is 2.04. The summed E-state index contributed by atoms with van der Waals surface area (Å²) in [4.78, 5) is 24.6. The van der Waals surface area contributed by atoms with Crippen LogP contribution >= 0.6 is 11.6 Å². The summed E-state index contributed by atoms with van der Waals surface area (Å²) in [6.07, 6.45) is 0.938. The van der Waals surface area contributed by atoms with Gasteiger partial charge in [0.15, 0.2) is 0 Å². The van der Waals surface area contributed by atoms with Crippen LogP contribution < -0.4 is 0 Å². The quantitative estimate of drug-likeness (QED) is 0.415. The SMILES string of the molecule is O=C(Cc1ccc([N+](=O)[O-])cc1)N(CCCCl)Cc1ccccc1. The normalized spacial score (nSPS) is 10.4. The van der Waals surface area contributed by atoms with Gasteiger partial charge in [-0.05, 0) is 17.5 Å². The van der Waals surface area contributed by atoms with Crippen molar-refractivity contribution in [2.75, 3.05) is 12.4 Å². The highest BCUT2D eigenvalue weighted by atomic mass is 35.5. The second-order valence-corrected chi connectivity index (χ2v) is 5.82. The molecule has 0 aliphatic heterocycles. The van der Waals surface area contributed by atoms with Crippen molar-refractivity contribution < 1.29 is 9.72 Å². The molecule has 0 saturated carbocycles. The van der Waals surface area contributed by atoms with Crippen molar-refractivity contribution >= 4 is 23.2 Å². The van der Waals surface area contributed by atoms with E-state index in [9.17, 15) is 14.9 Å². The lowest BCUT2D eigenvalue weighted by molar-refractivity contribution is -0.384. The summed E-state index contributed by atoms with van der Waals surface area (Å²) in [6, 6.07) is 15.9. The first-order valence-electron chi connectivity index (χ1n) is 7.71. The fourth-order valence-electron chi connectivity index (χ4n) is 2.37. The molecule has 2 aromatic carbocycles. The van der Waals surface area contributed by atoms with Gasteiger partial charge < -0.3 is 4.90 Å². The number of halogens is 1. The summed E-state index contributed by atoms with van der Waals surface area (Å²) in [5, 5.41) is 10.7. The van der Waals surface area contributed by atoms with Gasteiger partial charge in [-0.25, -0.2) is 0 Å². The summed E-state index contributed by atoms with van der Waals surface area (Å²) < 4.78 is 0. The average molecular weight is 347 g/mol. The molecule has 0 aliphatic carbocycles. The van der Waals surface area contributed by atoms with Gasteiger partial charge in [0.05, 0.1) is 11.3 Å². The molecule has 2 aromatic rings. The van der Waals surface area contributed by atoms with E-state index in [-0.39, 0.29) is 18.0 Å². The Morgan fingerprint density at radius 1 is 1.04 bits per heavy atom. The maximum atomic E-state index is 12.6. The van der Waals surface area contributed by atoms with Crippen LogP contribution in [0.3, 0.4) is 0 Å². The van der Waals surface area contributed by atoms with Crippen molar-refractivity contribution in [2.45, 2.75) is 19.4 Å². The molecule has 0 atom stereocenters. The number of amides is 1. The number of rotatable bonds is 8. The number of hydrogen-bond acceptors (Lipinski definition) is 3. The maximum Gasteiger partial charge on any atom is 0.269 e. The largest absolute Gasteiger partial charge is 0.338 e. The van der Waals surface area contributed by atoms with E-state index in [0.717, 1.165) is 17.5 Å². The average Bonchev–Trinajstić information content (AvgIpc) is 2.60. The van der Waals surface area contributed by atoms with Crippen LogP contribution in [0.1, 0.15) is 17.5 Å². The minimum Gasteiger partial charge on any atom is -0.338 e. The predicted octanol–water partition coefficient (Wildman–Crippen LogP) is 3.80. The predicted molar refractivity (Wildman–Crippen MR) is 94.0 cm³/mol. The maximum absolute atomic E-state index is 12.6. The molecular formula is C18H19ClN2O3. The molecule has 0 unspecified atom stereocenters. The zero-order valence-corrected chi connectivity index (χ0v) is 14.0. The first-order valence-corrected chi connectivity index (χ1v) is 8.24. The van der Waals surface area contributed by atoms with Crippen molar-refractivity contribution in [3.8, 4) is 0 Å². The van der Waals surface area contributed by atoms with Crippen molar-refractivity contribution in [3.05, 3.63) is 75.8 Å². The third-order valence-corrected chi connectivity index (χ3v) is 3.90. The number of nitro benzene ring substituents is 1. The van der Waals surface area contributed by atoms with Gasteiger partial charge in [0.1, 0.15) is 0 Å². The van der Waals surface area contributed by atoms with Crippen LogP contribution in [0.4, 0.5) is 5.69 Å². The number of hydrogen-bond donors (Lipinski definition) is 0. The Morgan fingerprint density at radius 2 is 1.71 bits per heavy atom. The van der Waals surface area contributed by atoms with Crippen LogP contribution in [0.25, 0.3) is 0 Å². The highest BCUT2D eigenvalue weighted by Gasteiger charge is 2.15. The summed E-state index contributed by atoms with van der Waals surface area (Å²) >= 11 is 5.76. The highest BCUT2D eigenvalue weighted by Crippen LogP contribution is 2.14. The van der Waals surface area contributed by atoms with Gasteiger partial charge in [-0.3, -0.25) is 14.9 Å². The number of alkyl halides is 1. The van der Waals surface area contributed by atoms with Gasteiger partial charge in [-0.2, -0.15) is 0 Å². The molecule has 0 aromatic heterocycles. The van der Waals surface area contributed by atoms with Gasteiger partial charge in [0.2, 0.25) is 5.91 Å². The van der Waals surface area contributed by atoms with Crippen LogP contribution in [-0.4, -0.2) is 28.2 Å². The summed E-state index contributed by atoms with van der Waals surface area (Å²) in [6.45, 7) is 1.12. The zero-order chi connectivity index (χ0) is 17.4. The van der Waals surface area contributed by atoms with Crippen molar-refractivity contribution in [1.29, 1.82) is 0 Å². The Bertz CT molecular complexity index is 674. The third-order valence-electron chi connectivity index (χ3n) is 3.63. The van der Waals surface area contributed by atoms with Gasteiger partial charge in [-0.1, -0.05) is 42.5 Å². The molecule has 0 bridgehead atoms. The van der Waals surface area contributed by atoms with E-state index in [0.29, 0.717) is 19.0 Å². The van der Waals surface area contributed by atoms with Crippen molar-refractivity contribution in [2.24, 2.45) is 0 Å². The molecular weight excluding hydrogens is 328 g/mol. The Hall–Kier alpha value is -2.40. The highest BCUT2D eigenvalue weighted by molar-refractivity contribution is 6.17. The lowest BCUT2D eigenvalue weighted by Gasteiger charge is -2.22. The molecule has 0 spiro atoms. The van der Waals surface area contributed by atoms with Crippen molar-refractivity contribution in [3.63, 3.8) is 0 Å². The molecule has 0 saturated heterocycles. The molecule has 0 aliphatic rings. The van der Waals surface area contributed by atoms with Crippen LogP contribution in [0, 0.1) is 10.1 Å². The van der Waals surface area contributed by atoms with E-state index in [1.54, 1.807) is 17.0 Å². The Morgan fingerprint density at radius 3 is 2.29 bits per heavy atom. The summed E-state index contributed by atoms with van der Waals surface area (Å²) in [7, 11) is 0. The molecule has 6 heteroatoms. The van der Waals surface area contributed by atoms with E-state index < -0.39 is 4.92 Å². The number of benzene rings is 2. The Labute approximate surface area is 146 Å². The molecule has 1 amide bonds. The minimum atomic E-state index is -0.451. The standard InChI is InChI=1S/C18H19ClN2O3/c19-11-4-12-20(14-16-5-2-1-3-6-16)18(22)13-15-7-9-17(10-8-15)21(23)24/h1-3,5-10H,4,11-14H2. The number of nitrogens with zero attached hydrogens (tertiary/aromatic N) is 2.